The van der Waals surface area contributed by atoms with E-state index in [1.807, 2.05) is 36.5 Å². The highest BCUT2D eigenvalue weighted by atomic mass is 32.2. The summed E-state index contributed by atoms with van der Waals surface area (Å²) in [6, 6.07) is 14.8. The Kier molecular flexibility index (Phi) is 3.67. The van der Waals surface area contributed by atoms with Crippen LogP contribution in [0.15, 0.2) is 59.6 Å². The van der Waals surface area contributed by atoms with Crippen molar-refractivity contribution < 1.29 is 8.42 Å². The Hall–Kier alpha value is -2.34. The second kappa shape index (κ2) is 6.08. The van der Waals surface area contributed by atoms with E-state index in [4.69, 9.17) is 5.10 Å². The molecule has 4 aliphatic rings. The van der Waals surface area contributed by atoms with E-state index in [0.29, 0.717) is 5.82 Å². The smallest absolute Gasteiger partial charge is 0.263 e. The van der Waals surface area contributed by atoms with E-state index in [1.54, 1.807) is 18.2 Å². The largest absolute Gasteiger partial charge is 0.264 e. The zero-order valence-electron chi connectivity index (χ0n) is 16.3. The van der Waals surface area contributed by atoms with Gasteiger partial charge in [-0.15, -0.1) is 0 Å². The second-order valence-electron chi connectivity index (χ2n) is 9.40. The van der Waals surface area contributed by atoms with Gasteiger partial charge >= 0.3 is 0 Å². The van der Waals surface area contributed by atoms with Crippen LogP contribution in [-0.4, -0.2) is 18.2 Å². The molecule has 2 aromatic carbocycles. The lowest BCUT2D eigenvalue weighted by Gasteiger charge is -2.56. The van der Waals surface area contributed by atoms with Gasteiger partial charge in [0, 0.05) is 12.3 Å². The van der Waals surface area contributed by atoms with Crippen LogP contribution in [-0.2, 0) is 15.6 Å². The first-order valence-corrected chi connectivity index (χ1v) is 12.1. The summed E-state index contributed by atoms with van der Waals surface area (Å²) in [4.78, 5) is 0.264. The lowest BCUT2D eigenvalue weighted by Crippen LogP contribution is -2.52. The molecule has 29 heavy (non-hydrogen) atoms. The molecular weight excluding hydrogens is 382 g/mol. The van der Waals surface area contributed by atoms with Gasteiger partial charge in [-0.2, -0.15) is 5.10 Å². The highest BCUT2D eigenvalue weighted by Gasteiger charge is 2.52. The van der Waals surface area contributed by atoms with E-state index in [9.17, 15) is 8.42 Å². The number of rotatable bonds is 4. The van der Waals surface area contributed by atoms with E-state index >= 15 is 0 Å². The molecule has 5 nitrogen and oxygen atoms in total. The Bertz CT molecular complexity index is 1160. The van der Waals surface area contributed by atoms with Crippen molar-refractivity contribution in [3.63, 3.8) is 0 Å². The number of hydrogen-bond donors (Lipinski definition) is 1. The van der Waals surface area contributed by atoms with Gasteiger partial charge in [0.25, 0.3) is 10.0 Å². The van der Waals surface area contributed by atoms with Crippen LogP contribution in [0.4, 0.5) is 5.82 Å². The molecule has 1 heterocycles. The Morgan fingerprint density at radius 2 is 1.55 bits per heavy atom. The van der Waals surface area contributed by atoms with Crippen LogP contribution in [0.2, 0.25) is 0 Å². The van der Waals surface area contributed by atoms with Crippen molar-refractivity contribution in [3.8, 4) is 0 Å². The van der Waals surface area contributed by atoms with Crippen LogP contribution >= 0.6 is 0 Å². The lowest BCUT2D eigenvalue weighted by atomic mass is 9.53. The summed E-state index contributed by atoms with van der Waals surface area (Å²) in [5, 5.41) is 6.64. The maximum Gasteiger partial charge on any atom is 0.263 e. The van der Waals surface area contributed by atoms with E-state index in [0.717, 1.165) is 28.5 Å². The van der Waals surface area contributed by atoms with Crippen molar-refractivity contribution in [3.05, 3.63) is 54.7 Å². The SMILES string of the molecule is O=S(=O)(Nc1ccn(C23CC4CC(CC(C4)C2)C3)n1)c1ccc2ccccc2c1. The molecule has 0 radical (unpaired) electrons. The molecule has 1 aromatic heterocycles. The van der Waals surface area contributed by atoms with Gasteiger partial charge in [-0.3, -0.25) is 9.40 Å². The highest BCUT2D eigenvalue weighted by molar-refractivity contribution is 7.92. The van der Waals surface area contributed by atoms with Crippen molar-refractivity contribution >= 4 is 26.6 Å². The van der Waals surface area contributed by atoms with Crippen molar-refractivity contribution in [1.82, 2.24) is 9.78 Å². The first-order chi connectivity index (χ1) is 14.0. The molecule has 4 fully saturated rings. The van der Waals surface area contributed by atoms with Gasteiger partial charge in [-0.25, -0.2) is 8.42 Å². The topological polar surface area (TPSA) is 64.0 Å². The molecule has 4 saturated carbocycles. The third-order valence-corrected chi connectivity index (χ3v) is 8.70. The minimum absolute atomic E-state index is 0.0986. The quantitative estimate of drug-likeness (QED) is 0.678. The summed E-state index contributed by atoms with van der Waals surface area (Å²) < 4.78 is 30.7. The number of anilines is 1. The van der Waals surface area contributed by atoms with E-state index in [-0.39, 0.29) is 10.4 Å². The maximum absolute atomic E-state index is 12.9. The number of aromatic nitrogens is 2. The van der Waals surface area contributed by atoms with Gasteiger partial charge in [0.1, 0.15) is 0 Å². The van der Waals surface area contributed by atoms with Crippen LogP contribution in [0.3, 0.4) is 0 Å². The molecule has 0 atom stereocenters. The molecule has 0 amide bonds. The van der Waals surface area contributed by atoms with Gasteiger partial charge < -0.3 is 0 Å². The average Bonchev–Trinajstić information content (AvgIpc) is 3.15. The number of fused-ring (bicyclic) bond motifs is 1. The zero-order chi connectivity index (χ0) is 19.6. The summed E-state index contributed by atoms with van der Waals surface area (Å²) in [6.07, 6.45) is 9.68. The van der Waals surface area contributed by atoms with Crippen LogP contribution in [0.5, 0.6) is 0 Å². The van der Waals surface area contributed by atoms with Gasteiger partial charge in [0.2, 0.25) is 0 Å². The number of hydrogen-bond acceptors (Lipinski definition) is 3. The minimum Gasteiger partial charge on any atom is -0.264 e. The Morgan fingerprint density at radius 1 is 0.897 bits per heavy atom. The molecule has 0 saturated heterocycles. The van der Waals surface area contributed by atoms with Crippen molar-refractivity contribution in [2.24, 2.45) is 17.8 Å². The molecule has 1 N–H and O–H groups in total. The van der Waals surface area contributed by atoms with Crippen LogP contribution in [0.1, 0.15) is 38.5 Å². The van der Waals surface area contributed by atoms with Crippen molar-refractivity contribution in [2.75, 3.05) is 4.72 Å². The fourth-order valence-corrected chi connectivity index (χ4v) is 7.55. The molecule has 0 spiro atoms. The predicted molar refractivity (Wildman–Crippen MR) is 113 cm³/mol. The highest BCUT2D eigenvalue weighted by Crippen LogP contribution is 2.58. The van der Waals surface area contributed by atoms with Gasteiger partial charge in [0.15, 0.2) is 5.82 Å². The summed E-state index contributed by atoms with van der Waals surface area (Å²) in [5.74, 6) is 2.88. The third-order valence-electron chi connectivity index (χ3n) is 7.35. The monoisotopic (exact) mass is 407 g/mol. The van der Waals surface area contributed by atoms with Gasteiger partial charge in [-0.05, 0) is 79.2 Å². The summed E-state index contributed by atoms with van der Waals surface area (Å²) >= 11 is 0. The molecule has 7 rings (SSSR count). The van der Waals surface area contributed by atoms with Gasteiger partial charge in [0.05, 0.1) is 10.4 Å². The van der Waals surface area contributed by atoms with E-state index < -0.39 is 10.0 Å². The summed E-state index contributed by atoms with van der Waals surface area (Å²) in [5.41, 5.74) is 0.0986. The second-order valence-corrected chi connectivity index (χ2v) is 11.1. The van der Waals surface area contributed by atoms with E-state index in [2.05, 4.69) is 9.40 Å². The zero-order valence-corrected chi connectivity index (χ0v) is 17.1. The minimum atomic E-state index is -3.67. The molecular formula is C23H25N3O2S. The molecule has 4 bridgehead atoms. The fourth-order valence-electron chi connectivity index (χ4n) is 6.52. The number of nitrogens with zero attached hydrogens (tertiary/aromatic N) is 2. The average molecular weight is 408 g/mol. The molecule has 4 aliphatic carbocycles. The first-order valence-electron chi connectivity index (χ1n) is 10.6. The summed E-state index contributed by atoms with van der Waals surface area (Å²) in [6.45, 7) is 0. The molecule has 150 valence electrons. The molecule has 6 heteroatoms. The number of nitrogens with one attached hydrogen (secondary N) is 1. The Morgan fingerprint density at radius 3 is 2.24 bits per heavy atom. The molecule has 3 aromatic rings. The summed E-state index contributed by atoms with van der Waals surface area (Å²) in [7, 11) is -3.67. The Balaban J connectivity index is 1.28. The number of benzene rings is 2. The standard InChI is InChI=1S/C23H25N3O2S/c27-29(28,21-6-5-19-3-1-2-4-20(19)12-21)25-22-7-8-26(24-22)23-13-16-9-17(14-23)11-18(10-16)15-23/h1-8,12,16-18H,9-11,13-15H2,(H,24,25). The van der Waals surface area contributed by atoms with Gasteiger partial charge in [-0.1, -0.05) is 30.3 Å². The van der Waals surface area contributed by atoms with Crippen LogP contribution in [0, 0.1) is 17.8 Å². The van der Waals surface area contributed by atoms with Crippen LogP contribution < -0.4 is 4.72 Å². The maximum atomic E-state index is 12.9. The normalized spacial score (nSPS) is 30.7. The third kappa shape index (κ3) is 2.88. The number of sulfonamides is 1. The molecule has 0 unspecified atom stereocenters. The van der Waals surface area contributed by atoms with Crippen molar-refractivity contribution in [1.29, 1.82) is 0 Å². The predicted octanol–water partition coefficient (Wildman–Crippen LogP) is 4.76. The van der Waals surface area contributed by atoms with Crippen LogP contribution in [0.25, 0.3) is 10.8 Å². The first kappa shape index (κ1) is 17.5. The Labute approximate surface area is 171 Å². The van der Waals surface area contributed by atoms with Crippen molar-refractivity contribution in [2.45, 2.75) is 49.0 Å². The van der Waals surface area contributed by atoms with E-state index in [1.165, 1.54) is 38.5 Å². The molecule has 0 aliphatic heterocycles. The fraction of sp³-hybridized carbons (Fsp3) is 0.435. The lowest BCUT2D eigenvalue weighted by molar-refractivity contribution is -0.0492.